The fraction of sp³-hybridized carbons (Fsp3) is 0.400. The molecule has 0 atom stereocenters. The van der Waals surface area contributed by atoms with Gasteiger partial charge in [0.25, 0.3) is 0 Å². The lowest BCUT2D eigenvalue weighted by atomic mass is 10.3. The van der Waals surface area contributed by atoms with Gasteiger partial charge in [-0.25, -0.2) is 8.42 Å². The zero-order chi connectivity index (χ0) is 12.3. The Hall–Kier alpha value is -0.690. The number of sulfonamides is 1. The van der Waals surface area contributed by atoms with Crippen LogP contribution in [0.15, 0.2) is 22.9 Å². The van der Waals surface area contributed by atoms with Crippen LogP contribution in [0.2, 0.25) is 0 Å². The summed E-state index contributed by atoms with van der Waals surface area (Å²) in [6, 6.07) is 0. The van der Waals surface area contributed by atoms with E-state index in [1.807, 2.05) is 0 Å². The van der Waals surface area contributed by atoms with E-state index < -0.39 is 10.0 Å². The molecule has 0 aliphatic carbocycles. The Labute approximate surface area is 99.9 Å². The van der Waals surface area contributed by atoms with Crippen molar-refractivity contribution in [2.24, 2.45) is 0 Å². The molecule has 0 unspecified atom stereocenters. The summed E-state index contributed by atoms with van der Waals surface area (Å²) in [5.74, 6) is 0. The maximum absolute atomic E-state index is 12.2. The Kier molecular flexibility index (Phi) is 4.26. The standard InChI is InChI=1S/C10H15NO3S2/c1-4-5-11(3)16(13,14)10-8(2)7-15-9(10)6-12/h4,7,12H,1,5-6H2,2-3H3. The van der Waals surface area contributed by atoms with Gasteiger partial charge in [0.2, 0.25) is 10.0 Å². The first-order chi connectivity index (χ1) is 7.45. The Balaban J connectivity index is 3.26. The summed E-state index contributed by atoms with van der Waals surface area (Å²) in [5.41, 5.74) is 0.671. The van der Waals surface area contributed by atoms with Gasteiger partial charge in [0, 0.05) is 13.6 Å². The molecule has 1 heterocycles. The lowest BCUT2D eigenvalue weighted by Crippen LogP contribution is -2.27. The molecule has 1 N–H and O–H groups in total. The Bertz CT molecular complexity index is 476. The summed E-state index contributed by atoms with van der Waals surface area (Å²) in [6.45, 7) is 5.23. The van der Waals surface area contributed by atoms with Gasteiger partial charge in [-0.05, 0) is 17.9 Å². The molecular weight excluding hydrogens is 246 g/mol. The van der Waals surface area contributed by atoms with Crippen LogP contribution in [-0.4, -0.2) is 31.4 Å². The fourth-order valence-corrected chi connectivity index (χ4v) is 4.12. The van der Waals surface area contributed by atoms with Crippen LogP contribution in [0.3, 0.4) is 0 Å². The molecule has 0 fully saturated rings. The normalized spacial score (nSPS) is 12.0. The molecular formula is C10H15NO3S2. The number of hydrogen-bond donors (Lipinski definition) is 1. The van der Waals surface area contributed by atoms with Crippen LogP contribution in [0.5, 0.6) is 0 Å². The van der Waals surface area contributed by atoms with E-state index in [1.165, 1.54) is 28.8 Å². The van der Waals surface area contributed by atoms with E-state index in [1.54, 1.807) is 12.3 Å². The minimum atomic E-state index is -3.52. The van der Waals surface area contributed by atoms with Crippen molar-refractivity contribution in [3.05, 3.63) is 28.5 Å². The van der Waals surface area contributed by atoms with E-state index in [0.717, 1.165) is 0 Å². The number of aliphatic hydroxyl groups excluding tert-OH is 1. The summed E-state index contributed by atoms with van der Waals surface area (Å²) in [4.78, 5) is 0.706. The number of aliphatic hydroxyl groups is 1. The van der Waals surface area contributed by atoms with E-state index in [-0.39, 0.29) is 18.0 Å². The van der Waals surface area contributed by atoms with Crippen LogP contribution in [0.4, 0.5) is 0 Å². The second kappa shape index (κ2) is 5.09. The van der Waals surface area contributed by atoms with Gasteiger partial charge in [-0.15, -0.1) is 17.9 Å². The van der Waals surface area contributed by atoms with E-state index in [9.17, 15) is 8.42 Å². The quantitative estimate of drug-likeness (QED) is 0.814. The molecule has 16 heavy (non-hydrogen) atoms. The molecule has 0 aromatic carbocycles. The van der Waals surface area contributed by atoms with Crippen molar-refractivity contribution in [2.75, 3.05) is 13.6 Å². The molecule has 0 aliphatic heterocycles. The highest BCUT2D eigenvalue weighted by atomic mass is 32.2. The highest BCUT2D eigenvalue weighted by Gasteiger charge is 2.26. The van der Waals surface area contributed by atoms with Gasteiger partial charge in [0.15, 0.2) is 0 Å². The molecule has 0 aliphatic rings. The van der Waals surface area contributed by atoms with Crippen molar-refractivity contribution in [1.29, 1.82) is 0 Å². The first-order valence-electron chi connectivity index (χ1n) is 4.70. The Morgan fingerprint density at radius 1 is 1.62 bits per heavy atom. The van der Waals surface area contributed by atoms with Gasteiger partial charge in [-0.2, -0.15) is 4.31 Å². The van der Waals surface area contributed by atoms with Crippen LogP contribution in [-0.2, 0) is 16.6 Å². The van der Waals surface area contributed by atoms with Crippen molar-refractivity contribution in [1.82, 2.24) is 4.31 Å². The first kappa shape index (κ1) is 13.4. The molecule has 0 radical (unpaired) electrons. The maximum Gasteiger partial charge on any atom is 0.244 e. The number of nitrogens with zero attached hydrogens (tertiary/aromatic N) is 1. The summed E-state index contributed by atoms with van der Waals surface area (Å²) in [7, 11) is -2.02. The van der Waals surface area contributed by atoms with Crippen LogP contribution in [0.1, 0.15) is 10.4 Å². The van der Waals surface area contributed by atoms with Crippen LogP contribution in [0, 0.1) is 6.92 Å². The molecule has 1 aromatic heterocycles. The van der Waals surface area contributed by atoms with E-state index in [2.05, 4.69) is 6.58 Å². The minimum Gasteiger partial charge on any atom is -0.391 e. The molecule has 1 rings (SSSR count). The minimum absolute atomic E-state index is 0.226. The summed E-state index contributed by atoms with van der Waals surface area (Å²) < 4.78 is 25.5. The molecule has 0 saturated carbocycles. The SMILES string of the molecule is C=CCN(C)S(=O)(=O)c1c(C)csc1CO. The highest BCUT2D eigenvalue weighted by Crippen LogP contribution is 2.28. The molecule has 0 bridgehead atoms. The average molecular weight is 261 g/mol. The molecule has 0 spiro atoms. The molecule has 4 nitrogen and oxygen atoms in total. The smallest absolute Gasteiger partial charge is 0.244 e. The molecule has 90 valence electrons. The van der Waals surface area contributed by atoms with Gasteiger partial charge >= 0.3 is 0 Å². The average Bonchev–Trinajstić information content (AvgIpc) is 2.60. The van der Waals surface area contributed by atoms with Gasteiger partial charge in [0.05, 0.1) is 11.5 Å². The predicted molar refractivity (Wildman–Crippen MR) is 65.0 cm³/mol. The Morgan fingerprint density at radius 2 is 2.25 bits per heavy atom. The third-order valence-electron chi connectivity index (χ3n) is 2.19. The third kappa shape index (κ3) is 2.35. The number of hydrogen-bond acceptors (Lipinski definition) is 4. The third-order valence-corrected chi connectivity index (χ3v) is 5.46. The van der Waals surface area contributed by atoms with E-state index in [4.69, 9.17) is 5.11 Å². The molecule has 1 aromatic rings. The zero-order valence-corrected chi connectivity index (χ0v) is 10.9. The topological polar surface area (TPSA) is 57.6 Å². The first-order valence-corrected chi connectivity index (χ1v) is 7.02. The number of aryl methyl sites for hydroxylation is 1. The predicted octanol–water partition coefficient (Wildman–Crippen LogP) is 1.36. The van der Waals surface area contributed by atoms with Crippen LogP contribution < -0.4 is 0 Å². The summed E-state index contributed by atoms with van der Waals surface area (Å²) >= 11 is 1.26. The lowest BCUT2D eigenvalue weighted by Gasteiger charge is -2.16. The van der Waals surface area contributed by atoms with Crippen LogP contribution >= 0.6 is 11.3 Å². The maximum atomic E-state index is 12.2. The van der Waals surface area contributed by atoms with Gasteiger partial charge < -0.3 is 5.11 Å². The fourth-order valence-electron chi connectivity index (χ4n) is 1.38. The number of rotatable bonds is 5. The van der Waals surface area contributed by atoms with Gasteiger partial charge in [-0.3, -0.25) is 0 Å². The Morgan fingerprint density at radius 3 is 2.75 bits per heavy atom. The highest BCUT2D eigenvalue weighted by molar-refractivity contribution is 7.89. The van der Waals surface area contributed by atoms with E-state index in [0.29, 0.717) is 10.4 Å². The number of thiophene rings is 1. The molecule has 0 amide bonds. The van der Waals surface area contributed by atoms with Crippen LogP contribution in [0.25, 0.3) is 0 Å². The molecule has 0 saturated heterocycles. The number of likely N-dealkylation sites (N-methyl/N-ethyl adjacent to an activating group) is 1. The monoisotopic (exact) mass is 261 g/mol. The second-order valence-electron chi connectivity index (χ2n) is 3.40. The second-order valence-corrected chi connectivity index (χ2v) is 6.35. The van der Waals surface area contributed by atoms with Crippen molar-refractivity contribution >= 4 is 21.4 Å². The van der Waals surface area contributed by atoms with E-state index >= 15 is 0 Å². The largest absolute Gasteiger partial charge is 0.391 e. The summed E-state index contributed by atoms with van der Waals surface area (Å²) in [5, 5.41) is 10.9. The van der Waals surface area contributed by atoms with Crippen molar-refractivity contribution in [3.63, 3.8) is 0 Å². The molecule has 6 heteroatoms. The van der Waals surface area contributed by atoms with Gasteiger partial charge in [0.1, 0.15) is 4.90 Å². The van der Waals surface area contributed by atoms with Crippen molar-refractivity contribution in [3.8, 4) is 0 Å². The van der Waals surface area contributed by atoms with Crippen molar-refractivity contribution in [2.45, 2.75) is 18.4 Å². The zero-order valence-electron chi connectivity index (χ0n) is 9.30. The van der Waals surface area contributed by atoms with Gasteiger partial charge in [-0.1, -0.05) is 6.08 Å². The van der Waals surface area contributed by atoms with Crippen molar-refractivity contribution < 1.29 is 13.5 Å². The summed E-state index contributed by atoms with van der Waals surface area (Å²) in [6.07, 6.45) is 1.53. The lowest BCUT2D eigenvalue weighted by molar-refractivity contribution is 0.282.